The lowest BCUT2D eigenvalue weighted by Crippen LogP contribution is -2.28. The molecule has 0 bridgehead atoms. The number of nitrogens with zero attached hydrogens (tertiary/aromatic N) is 1. The Kier molecular flexibility index (Phi) is 4.65. The monoisotopic (exact) mass is 242 g/mol. The van der Waals surface area contributed by atoms with Crippen LogP contribution in [0.25, 0.3) is 0 Å². The summed E-state index contributed by atoms with van der Waals surface area (Å²) in [6, 6.07) is 0. The molecule has 0 radical (unpaired) electrons. The second-order valence-electron chi connectivity index (χ2n) is 3.40. The Balaban J connectivity index is 2.33. The van der Waals surface area contributed by atoms with Crippen LogP contribution in [-0.4, -0.2) is 41.9 Å². The number of rotatable bonds is 6. The first-order valence-electron chi connectivity index (χ1n) is 5.03. The topological polar surface area (TPSA) is 102 Å². The van der Waals surface area contributed by atoms with Gasteiger partial charge in [0.15, 0.2) is 0 Å². The molecule has 0 aromatic carbocycles. The maximum absolute atomic E-state index is 11.7. The predicted octanol–water partition coefficient (Wildman–Crippen LogP) is 0.122. The Morgan fingerprint density at radius 3 is 2.71 bits per heavy atom. The molecule has 1 heterocycles. The SMILES string of the molecule is Cc1noc(C)c1C(=O)NCCOCC(=O)O. The quantitative estimate of drug-likeness (QED) is 0.687. The number of aliphatic carboxylic acids is 1. The number of carboxylic acids is 1. The highest BCUT2D eigenvalue weighted by Gasteiger charge is 2.16. The summed E-state index contributed by atoms with van der Waals surface area (Å²) in [5, 5.41) is 14.6. The minimum absolute atomic E-state index is 0.140. The minimum atomic E-state index is -1.04. The van der Waals surface area contributed by atoms with Gasteiger partial charge in [-0.25, -0.2) is 4.79 Å². The van der Waals surface area contributed by atoms with Crippen LogP contribution in [0.1, 0.15) is 21.8 Å². The first-order chi connectivity index (χ1) is 8.02. The molecule has 1 rings (SSSR count). The number of carbonyl (C=O) groups excluding carboxylic acids is 1. The van der Waals surface area contributed by atoms with Crippen molar-refractivity contribution >= 4 is 11.9 Å². The maximum Gasteiger partial charge on any atom is 0.329 e. The van der Waals surface area contributed by atoms with Gasteiger partial charge in [0.05, 0.1) is 12.3 Å². The van der Waals surface area contributed by atoms with Crippen molar-refractivity contribution in [1.82, 2.24) is 10.5 Å². The summed E-state index contributed by atoms with van der Waals surface area (Å²) in [6.45, 7) is 3.32. The standard InChI is InChI=1S/C10H14N2O5/c1-6-9(7(2)17-12-6)10(15)11-3-4-16-5-8(13)14/h3-5H2,1-2H3,(H,11,15)(H,13,14). The Labute approximate surface area is 97.7 Å². The fourth-order valence-electron chi connectivity index (χ4n) is 1.29. The maximum atomic E-state index is 11.7. The summed E-state index contributed by atoms with van der Waals surface area (Å²) in [5.74, 6) is -0.895. The average Bonchev–Trinajstić information content (AvgIpc) is 2.57. The van der Waals surface area contributed by atoms with Crippen molar-refractivity contribution in [2.45, 2.75) is 13.8 Å². The molecule has 0 saturated carbocycles. The van der Waals surface area contributed by atoms with Crippen molar-refractivity contribution < 1.29 is 24.0 Å². The van der Waals surface area contributed by atoms with Gasteiger partial charge in [0.25, 0.3) is 5.91 Å². The lowest BCUT2D eigenvalue weighted by Gasteiger charge is -2.04. The molecule has 1 aromatic heterocycles. The van der Waals surface area contributed by atoms with Crippen LogP contribution in [0.2, 0.25) is 0 Å². The van der Waals surface area contributed by atoms with Gasteiger partial charge in [-0.15, -0.1) is 0 Å². The Morgan fingerprint density at radius 1 is 1.47 bits per heavy atom. The van der Waals surface area contributed by atoms with Gasteiger partial charge >= 0.3 is 5.97 Å². The third kappa shape index (κ3) is 3.87. The van der Waals surface area contributed by atoms with Gasteiger partial charge in [0.2, 0.25) is 0 Å². The second kappa shape index (κ2) is 6.00. The molecule has 94 valence electrons. The number of aromatic nitrogens is 1. The minimum Gasteiger partial charge on any atom is -0.480 e. The number of carboxylic acid groups (broad SMARTS) is 1. The van der Waals surface area contributed by atoms with E-state index >= 15 is 0 Å². The van der Waals surface area contributed by atoms with Crippen molar-refractivity contribution in [2.24, 2.45) is 0 Å². The van der Waals surface area contributed by atoms with E-state index in [4.69, 9.17) is 14.4 Å². The highest BCUT2D eigenvalue weighted by molar-refractivity contribution is 5.96. The number of ether oxygens (including phenoxy) is 1. The molecule has 0 aliphatic heterocycles. The lowest BCUT2D eigenvalue weighted by atomic mass is 10.2. The molecular weight excluding hydrogens is 228 g/mol. The zero-order valence-electron chi connectivity index (χ0n) is 9.65. The van der Waals surface area contributed by atoms with Crippen LogP contribution < -0.4 is 5.32 Å². The lowest BCUT2D eigenvalue weighted by molar-refractivity contribution is -0.142. The van der Waals surface area contributed by atoms with E-state index in [1.807, 2.05) is 0 Å². The fourth-order valence-corrected chi connectivity index (χ4v) is 1.29. The molecule has 0 saturated heterocycles. The summed E-state index contributed by atoms with van der Waals surface area (Å²) in [5.41, 5.74) is 0.926. The number of hydrogen-bond donors (Lipinski definition) is 2. The van der Waals surface area contributed by atoms with E-state index in [0.717, 1.165) is 0 Å². The van der Waals surface area contributed by atoms with E-state index in [1.54, 1.807) is 13.8 Å². The van der Waals surface area contributed by atoms with Crippen LogP contribution in [-0.2, 0) is 9.53 Å². The number of carbonyl (C=O) groups is 2. The summed E-state index contributed by atoms with van der Waals surface area (Å²) >= 11 is 0. The first kappa shape index (κ1) is 13.2. The third-order valence-electron chi connectivity index (χ3n) is 2.02. The molecule has 0 aliphatic rings. The van der Waals surface area contributed by atoms with Crippen molar-refractivity contribution in [3.63, 3.8) is 0 Å². The first-order valence-corrected chi connectivity index (χ1v) is 5.03. The van der Waals surface area contributed by atoms with Crippen molar-refractivity contribution in [1.29, 1.82) is 0 Å². The smallest absolute Gasteiger partial charge is 0.329 e. The Bertz CT molecular complexity index is 393. The zero-order valence-corrected chi connectivity index (χ0v) is 9.65. The summed E-state index contributed by atoms with van der Waals surface area (Å²) in [4.78, 5) is 21.8. The molecule has 7 nitrogen and oxygen atoms in total. The van der Waals surface area contributed by atoms with Crippen LogP contribution >= 0.6 is 0 Å². The summed E-state index contributed by atoms with van der Waals surface area (Å²) < 4.78 is 9.63. The molecule has 0 aliphatic carbocycles. The van der Waals surface area contributed by atoms with Gasteiger partial charge in [-0.1, -0.05) is 5.16 Å². The molecular formula is C10H14N2O5. The zero-order chi connectivity index (χ0) is 12.8. The number of amides is 1. The van der Waals surface area contributed by atoms with Crippen LogP contribution in [0, 0.1) is 13.8 Å². The molecule has 2 N–H and O–H groups in total. The van der Waals surface area contributed by atoms with E-state index in [2.05, 4.69) is 10.5 Å². The van der Waals surface area contributed by atoms with Crippen molar-refractivity contribution in [2.75, 3.05) is 19.8 Å². The van der Waals surface area contributed by atoms with Crippen molar-refractivity contribution in [3.05, 3.63) is 17.0 Å². The predicted molar refractivity (Wildman–Crippen MR) is 56.8 cm³/mol. The van der Waals surface area contributed by atoms with E-state index in [9.17, 15) is 9.59 Å². The van der Waals surface area contributed by atoms with Crippen LogP contribution in [0.15, 0.2) is 4.52 Å². The number of hydrogen-bond acceptors (Lipinski definition) is 5. The molecule has 1 aromatic rings. The Hall–Kier alpha value is -1.89. The molecule has 7 heteroatoms. The molecule has 1 amide bonds. The molecule has 0 spiro atoms. The van der Waals surface area contributed by atoms with E-state index in [-0.39, 0.29) is 25.7 Å². The third-order valence-corrected chi connectivity index (χ3v) is 2.02. The van der Waals surface area contributed by atoms with Gasteiger partial charge < -0.3 is 19.7 Å². The van der Waals surface area contributed by atoms with E-state index in [1.165, 1.54) is 0 Å². The Morgan fingerprint density at radius 2 is 2.18 bits per heavy atom. The normalized spacial score (nSPS) is 10.2. The van der Waals surface area contributed by atoms with Gasteiger partial charge in [-0.05, 0) is 13.8 Å². The summed E-state index contributed by atoms with van der Waals surface area (Å²) in [6.07, 6.45) is 0. The molecule has 0 atom stereocenters. The molecule has 17 heavy (non-hydrogen) atoms. The van der Waals surface area contributed by atoms with Gasteiger partial charge in [0.1, 0.15) is 17.9 Å². The summed E-state index contributed by atoms with van der Waals surface area (Å²) in [7, 11) is 0. The second-order valence-corrected chi connectivity index (χ2v) is 3.40. The number of aryl methyl sites for hydroxylation is 2. The van der Waals surface area contributed by atoms with Gasteiger partial charge in [-0.2, -0.15) is 0 Å². The van der Waals surface area contributed by atoms with Crippen LogP contribution in [0.4, 0.5) is 0 Å². The number of nitrogens with one attached hydrogen (secondary N) is 1. The van der Waals surface area contributed by atoms with Gasteiger partial charge in [0, 0.05) is 6.54 Å². The largest absolute Gasteiger partial charge is 0.480 e. The van der Waals surface area contributed by atoms with E-state index in [0.29, 0.717) is 17.0 Å². The van der Waals surface area contributed by atoms with E-state index < -0.39 is 5.97 Å². The van der Waals surface area contributed by atoms with Gasteiger partial charge in [-0.3, -0.25) is 4.79 Å². The molecule has 0 unspecified atom stereocenters. The fraction of sp³-hybridized carbons (Fsp3) is 0.500. The average molecular weight is 242 g/mol. The van der Waals surface area contributed by atoms with Crippen LogP contribution in [0.5, 0.6) is 0 Å². The molecule has 0 fully saturated rings. The highest BCUT2D eigenvalue weighted by atomic mass is 16.5. The highest BCUT2D eigenvalue weighted by Crippen LogP contribution is 2.11. The van der Waals surface area contributed by atoms with Crippen LogP contribution in [0.3, 0.4) is 0 Å². The van der Waals surface area contributed by atoms with Crippen molar-refractivity contribution in [3.8, 4) is 0 Å².